The van der Waals surface area contributed by atoms with E-state index in [1.165, 1.54) is 6.07 Å². The number of aryl methyl sites for hydroxylation is 1. The Hall–Kier alpha value is -3.33. The number of anilines is 3. The predicted molar refractivity (Wildman–Crippen MR) is 104 cm³/mol. The van der Waals surface area contributed by atoms with E-state index in [2.05, 4.69) is 25.9 Å². The van der Waals surface area contributed by atoms with Crippen LogP contribution in [0.1, 0.15) is 5.69 Å². The number of rotatable bonds is 6. The number of fused-ring (bicyclic) bond motifs is 1. The van der Waals surface area contributed by atoms with Gasteiger partial charge in [-0.3, -0.25) is 5.32 Å². The molecule has 7 nitrogen and oxygen atoms in total. The van der Waals surface area contributed by atoms with E-state index >= 15 is 0 Å². The molecule has 1 heterocycles. The van der Waals surface area contributed by atoms with Gasteiger partial charge in [-0.05, 0) is 29.8 Å². The molecule has 0 aliphatic rings. The fourth-order valence-electron chi connectivity index (χ4n) is 2.52. The summed E-state index contributed by atoms with van der Waals surface area (Å²) in [7, 11) is 0. The first kappa shape index (κ1) is 19.4. The normalized spacial score (nSPS) is 11.3. The lowest BCUT2D eigenvalue weighted by atomic mass is 10.1. The molecule has 9 heteroatoms. The molecule has 3 rings (SSSR count). The molecule has 0 bridgehead atoms. The Balaban J connectivity index is 1.67. The minimum Gasteiger partial charge on any atom is -0.390 e. The molecule has 0 aliphatic heterocycles. The van der Waals surface area contributed by atoms with E-state index in [9.17, 15) is 13.6 Å². The molecule has 0 fully saturated rings. The summed E-state index contributed by atoms with van der Waals surface area (Å²) >= 11 is 0. The van der Waals surface area contributed by atoms with Crippen molar-refractivity contribution >= 4 is 34.3 Å². The maximum atomic E-state index is 13.2. The van der Waals surface area contributed by atoms with Crippen molar-refractivity contribution < 1.29 is 18.7 Å². The first-order chi connectivity index (χ1) is 13.3. The molecule has 0 spiro atoms. The van der Waals surface area contributed by atoms with Gasteiger partial charge in [0, 0.05) is 17.4 Å². The molecule has 0 saturated heterocycles. The van der Waals surface area contributed by atoms with Crippen molar-refractivity contribution in [1.82, 2.24) is 9.97 Å². The van der Waals surface area contributed by atoms with Crippen LogP contribution in [-0.4, -0.2) is 40.2 Å². The molecule has 0 unspecified atom stereocenters. The summed E-state index contributed by atoms with van der Waals surface area (Å²) in [5, 5.41) is 18.2. The molecule has 3 aromatic rings. The summed E-state index contributed by atoms with van der Waals surface area (Å²) in [4.78, 5) is 20.3. The average molecular weight is 387 g/mol. The number of alkyl halides is 2. The van der Waals surface area contributed by atoms with Crippen LogP contribution < -0.4 is 16.0 Å². The Morgan fingerprint density at radius 3 is 2.57 bits per heavy atom. The van der Waals surface area contributed by atoms with Crippen molar-refractivity contribution in [3.05, 3.63) is 54.2 Å². The van der Waals surface area contributed by atoms with E-state index in [1.807, 2.05) is 36.4 Å². The van der Waals surface area contributed by atoms with E-state index in [4.69, 9.17) is 5.11 Å². The number of amides is 2. The minimum atomic E-state index is -3.28. The highest BCUT2D eigenvalue weighted by Gasteiger charge is 2.27. The van der Waals surface area contributed by atoms with E-state index in [-0.39, 0.29) is 11.8 Å². The molecule has 0 aliphatic carbocycles. The fourth-order valence-corrected chi connectivity index (χ4v) is 2.52. The highest BCUT2D eigenvalue weighted by Crippen LogP contribution is 2.19. The lowest BCUT2D eigenvalue weighted by Crippen LogP contribution is -2.31. The molecule has 0 atom stereocenters. The summed E-state index contributed by atoms with van der Waals surface area (Å²) in [6, 6.07) is 14.1. The van der Waals surface area contributed by atoms with Crippen LogP contribution in [0.15, 0.2) is 48.5 Å². The van der Waals surface area contributed by atoms with Gasteiger partial charge >= 0.3 is 6.03 Å². The van der Waals surface area contributed by atoms with Crippen molar-refractivity contribution in [2.45, 2.75) is 12.8 Å². The van der Waals surface area contributed by atoms with Gasteiger partial charge in [0.25, 0.3) is 5.92 Å². The van der Waals surface area contributed by atoms with Gasteiger partial charge in [-0.1, -0.05) is 30.3 Å². The summed E-state index contributed by atoms with van der Waals surface area (Å²) in [6.07, 6.45) is 0. The minimum absolute atomic E-state index is 0.0342. The Labute approximate surface area is 159 Å². The molecule has 2 aromatic carbocycles. The van der Waals surface area contributed by atoms with Gasteiger partial charge in [0.05, 0.1) is 6.54 Å². The quantitative estimate of drug-likeness (QED) is 0.518. The van der Waals surface area contributed by atoms with E-state index in [0.29, 0.717) is 11.4 Å². The second-order valence-electron chi connectivity index (χ2n) is 6.23. The number of benzene rings is 2. The predicted octanol–water partition coefficient (Wildman–Crippen LogP) is 3.62. The van der Waals surface area contributed by atoms with Crippen LogP contribution in [-0.2, 0) is 0 Å². The molecular formula is C19H19F2N5O2. The van der Waals surface area contributed by atoms with Gasteiger partial charge in [0.1, 0.15) is 12.4 Å². The maximum Gasteiger partial charge on any atom is 0.326 e. The van der Waals surface area contributed by atoms with Crippen LogP contribution in [0.25, 0.3) is 10.8 Å². The highest BCUT2D eigenvalue weighted by molar-refractivity contribution is 6.00. The van der Waals surface area contributed by atoms with Gasteiger partial charge in [-0.2, -0.15) is 4.98 Å². The van der Waals surface area contributed by atoms with Crippen LogP contribution in [0, 0.1) is 6.92 Å². The summed E-state index contributed by atoms with van der Waals surface area (Å²) in [5.74, 6) is -3.20. The Morgan fingerprint density at radius 1 is 1.07 bits per heavy atom. The number of halogens is 2. The standard InChI is InChI=1S/C19H19F2N5O2/c1-12-8-16(22-10-19(20,21)11-27)25-17(23-12)26-18(28)24-15-7-6-13-4-2-3-5-14(13)9-15/h2-9,27H,10-11H2,1H3,(H3,22,23,24,25,26,28). The molecule has 146 valence electrons. The van der Waals surface area contributed by atoms with Crippen molar-refractivity contribution in [3.63, 3.8) is 0 Å². The molecule has 0 radical (unpaired) electrons. The number of hydrogen-bond donors (Lipinski definition) is 4. The third-order valence-corrected chi connectivity index (χ3v) is 3.85. The van der Waals surface area contributed by atoms with Crippen LogP contribution in [0.2, 0.25) is 0 Å². The smallest absolute Gasteiger partial charge is 0.326 e. The molecule has 0 saturated carbocycles. The Kier molecular flexibility index (Phi) is 5.65. The van der Waals surface area contributed by atoms with Crippen molar-refractivity contribution in [2.75, 3.05) is 29.1 Å². The number of aliphatic hydroxyl groups excluding tert-OH is 1. The van der Waals surface area contributed by atoms with Gasteiger partial charge in [0.2, 0.25) is 5.95 Å². The number of hydrogen-bond acceptors (Lipinski definition) is 5. The first-order valence-corrected chi connectivity index (χ1v) is 8.50. The molecular weight excluding hydrogens is 368 g/mol. The number of aromatic nitrogens is 2. The summed E-state index contributed by atoms with van der Waals surface area (Å²) in [6.45, 7) is -0.421. The zero-order valence-corrected chi connectivity index (χ0v) is 15.0. The number of carbonyl (C=O) groups is 1. The van der Waals surface area contributed by atoms with Crippen molar-refractivity contribution in [2.24, 2.45) is 0 Å². The Morgan fingerprint density at radius 2 is 1.82 bits per heavy atom. The maximum absolute atomic E-state index is 13.2. The molecule has 28 heavy (non-hydrogen) atoms. The van der Waals surface area contributed by atoms with Crippen LogP contribution in [0.5, 0.6) is 0 Å². The summed E-state index contributed by atoms with van der Waals surface area (Å²) < 4.78 is 26.3. The van der Waals surface area contributed by atoms with Crippen molar-refractivity contribution in [3.8, 4) is 0 Å². The Bertz CT molecular complexity index is 997. The van der Waals surface area contributed by atoms with E-state index < -0.39 is 25.1 Å². The third kappa shape index (κ3) is 5.10. The van der Waals surface area contributed by atoms with Crippen LogP contribution in [0.4, 0.5) is 31.0 Å². The van der Waals surface area contributed by atoms with Gasteiger partial charge < -0.3 is 15.7 Å². The summed E-state index contributed by atoms with van der Waals surface area (Å²) in [5.41, 5.74) is 1.07. The monoisotopic (exact) mass is 387 g/mol. The van der Waals surface area contributed by atoms with Crippen LogP contribution in [0.3, 0.4) is 0 Å². The zero-order valence-electron chi connectivity index (χ0n) is 15.0. The number of nitrogens with zero attached hydrogens (tertiary/aromatic N) is 2. The van der Waals surface area contributed by atoms with E-state index in [1.54, 1.807) is 13.0 Å². The van der Waals surface area contributed by atoms with Crippen LogP contribution >= 0.6 is 0 Å². The zero-order chi connectivity index (χ0) is 20.1. The largest absolute Gasteiger partial charge is 0.390 e. The van der Waals surface area contributed by atoms with Crippen molar-refractivity contribution in [1.29, 1.82) is 0 Å². The second-order valence-corrected chi connectivity index (χ2v) is 6.23. The lowest BCUT2D eigenvalue weighted by molar-refractivity contribution is -0.0373. The number of carbonyl (C=O) groups excluding carboxylic acids is 1. The number of nitrogens with one attached hydrogen (secondary N) is 3. The number of aliphatic hydroxyl groups is 1. The third-order valence-electron chi connectivity index (χ3n) is 3.85. The van der Waals surface area contributed by atoms with E-state index in [0.717, 1.165) is 10.8 Å². The first-order valence-electron chi connectivity index (χ1n) is 8.50. The molecule has 1 aromatic heterocycles. The van der Waals surface area contributed by atoms with Gasteiger partial charge in [-0.25, -0.2) is 18.6 Å². The lowest BCUT2D eigenvalue weighted by Gasteiger charge is -2.15. The van der Waals surface area contributed by atoms with Gasteiger partial charge in [-0.15, -0.1) is 0 Å². The number of urea groups is 1. The highest BCUT2D eigenvalue weighted by atomic mass is 19.3. The molecule has 4 N–H and O–H groups in total. The average Bonchev–Trinajstić information content (AvgIpc) is 2.66. The van der Waals surface area contributed by atoms with Gasteiger partial charge in [0.15, 0.2) is 0 Å². The fraction of sp³-hybridized carbons (Fsp3) is 0.211. The SMILES string of the molecule is Cc1cc(NCC(F)(F)CO)nc(NC(=O)Nc2ccc3ccccc3c2)n1. The second kappa shape index (κ2) is 8.13. The topological polar surface area (TPSA) is 99.2 Å². The molecule has 2 amide bonds.